The van der Waals surface area contributed by atoms with E-state index >= 15 is 0 Å². The van der Waals surface area contributed by atoms with Gasteiger partial charge in [0, 0.05) is 30.2 Å². The molecule has 4 rings (SSSR count). The van der Waals surface area contributed by atoms with Crippen molar-refractivity contribution in [1.82, 2.24) is 16.0 Å². The van der Waals surface area contributed by atoms with Crippen LogP contribution >= 0.6 is 0 Å². The van der Waals surface area contributed by atoms with Gasteiger partial charge < -0.3 is 38.1 Å². The molecule has 3 amide bonds. The molecule has 3 atom stereocenters. The molecule has 4 aromatic carbocycles. The van der Waals surface area contributed by atoms with Crippen molar-refractivity contribution in [2.45, 2.75) is 57.8 Å². The number of hydrogen-bond acceptors (Lipinski definition) is 6. The van der Waals surface area contributed by atoms with Gasteiger partial charge in [0.25, 0.3) is 0 Å². The maximum absolute atomic E-state index is 13.8. The fourth-order valence-electron chi connectivity index (χ4n) is 5.32. The van der Waals surface area contributed by atoms with Crippen molar-refractivity contribution < 1.29 is 14.4 Å². The minimum Gasteiger partial charge on any atom is -0.370 e. The monoisotopic (exact) mass is 676 g/mol. The van der Waals surface area contributed by atoms with E-state index in [4.69, 9.17) is 11.5 Å². The highest BCUT2D eigenvalue weighted by atomic mass is 16.2. The summed E-state index contributed by atoms with van der Waals surface area (Å²) in [5.74, 6) is -1.48. The Morgan fingerprint density at radius 2 is 1.20 bits per heavy atom. The van der Waals surface area contributed by atoms with E-state index in [0.29, 0.717) is 31.6 Å². The average molecular weight is 677 g/mol. The van der Waals surface area contributed by atoms with Gasteiger partial charge in [0.1, 0.15) is 12.1 Å². The van der Waals surface area contributed by atoms with Crippen LogP contribution in [0.3, 0.4) is 0 Å². The van der Waals surface area contributed by atoms with Crippen LogP contribution in [0.25, 0.3) is 0 Å². The lowest BCUT2D eigenvalue weighted by Gasteiger charge is -2.27. The van der Waals surface area contributed by atoms with E-state index in [0.717, 1.165) is 22.5 Å². The Balaban J connectivity index is 1.44. The summed E-state index contributed by atoms with van der Waals surface area (Å²) in [5, 5.41) is 15.5. The first kappa shape index (κ1) is 37.1. The second kappa shape index (κ2) is 19.4. The van der Waals surface area contributed by atoms with Gasteiger partial charge in [0.05, 0.1) is 6.04 Å². The molecule has 11 nitrogen and oxygen atoms in total. The van der Waals surface area contributed by atoms with Crippen LogP contribution in [0.2, 0.25) is 0 Å². The number of amides is 3. The molecule has 9 N–H and O–H groups in total. The van der Waals surface area contributed by atoms with E-state index < -0.39 is 29.9 Å². The molecular formula is C39H48N8O3. The summed E-state index contributed by atoms with van der Waals surface area (Å²) < 4.78 is 0. The van der Waals surface area contributed by atoms with Crippen molar-refractivity contribution in [3.63, 3.8) is 0 Å². The van der Waals surface area contributed by atoms with Crippen molar-refractivity contribution in [1.29, 1.82) is 0 Å². The molecule has 0 fully saturated rings. The zero-order chi connectivity index (χ0) is 35.7. The van der Waals surface area contributed by atoms with Crippen LogP contribution in [-0.4, -0.2) is 48.4 Å². The van der Waals surface area contributed by atoms with E-state index in [2.05, 4.69) is 31.6 Å². The van der Waals surface area contributed by atoms with Gasteiger partial charge in [0.15, 0.2) is 5.96 Å². The minimum atomic E-state index is -0.909. The largest absolute Gasteiger partial charge is 0.370 e. The Morgan fingerprint density at radius 1 is 0.640 bits per heavy atom. The Bertz CT molecular complexity index is 1660. The molecule has 0 heterocycles. The molecule has 50 heavy (non-hydrogen) atoms. The van der Waals surface area contributed by atoms with E-state index in [1.54, 1.807) is 12.1 Å². The maximum Gasteiger partial charge on any atom is 0.246 e. The number of aliphatic imine (C=N–C) groups is 1. The first-order valence-corrected chi connectivity index (χ1v) is 16.9. The Labute approximate surface area is 294 Å². The van der Waals surface area contributed by atoms with Gasteiger partial charge in [-0.1, -0.05) is 92.7 Å². The van der Waals surface area contributed by atoms with Crippen molar-refractivity contribution in [3.8, 4) is 0 Å². The van der Waals surface area contributed by atoms with E-state index in [1.807, 2.05) is 117 Å². The van der Waals surface area contributed by atoms with Gasteiger partial charge in [-0.2, -0.15) is 0 Å². The molecule has 4 aromatic rings. The van der Waals surface area contributed by atoms with Crippen LogP contribution in [0, 0.1) is 5.92 Å². The third-order valence-electron chi connectivity index (χ3n) is 8.03. The second-order valence-corrected chi connectivity index (χ2v) is 12.4. The predicted molar refractivity (Wildman–Crippen MR) is 201 cm³/mol. The number of rotatable bonds is 18. The summed E-state index contributed by atoms with van der Waals surface area (Å²) in [4.78, 5) is 45.2. The third kappa shape index (κ3) is 12.4. The molecule has 11 heteroatoms. The Kier molecular flexibility index (Phi) is 14.4. The number of anilines is 3. The first-order chi connectivity index (χ1) is 24.2. The molecule has 0 saturated heterocycles. The molecule has 0 aliphatic heterocycles. The number of nitrogens with one attached hydrogen (secondary N) is 5. The molecule has 262 valence electrons. The third-order valence-corrected chi connectivity index (χ3v) is 8.03. The maximum atomic E-state index is 13.8. The van der Waals surface area contributed by atoms with Gasteiger partial charge in [-0.25, -0.2) is 0 Å². The molecule has 0 aromatic heterocycles. The molecule has 0 radical (unpaired) electrons. The predicted octanol–water partition coefficient (Wildman–Crippen LogP) is 4.45. The Morgan fingerprint density at radius 3 is 1.80 bits per heavy atom. The summed E-state index contributed by atoms with van der Waals surface area (Å²) in [5.41, 5.74) is 15.4. The highest BCUT2D eigenvalue weighted by molar-refractivity contribution is 5.98. The van der Waals surface area contributed by atoms with Crippen molar-refractivity contribution in [2.24, 2.45) is 22.4 Å². The van der Waals surface area contributed by atoms with Crippen molar-refractivity contribution in [2.75, 3.05) is 17.2 Å². The zero-order valence-corrected chi connectivity index (χ0v) is 28.6. The number of nitrogens with two attached hydrogens (primary N) is 2. The lowest BCUT2D eigenvalue weighted by atomic mass is 10.00. The number of para-hydroxylation sites is 1. The van der Waals surface area contributed by atoms with Crippen molar-refractivity contribution >= 4 is 40.7 Å². The van der Waals surface area contributed by atoms with Gasteiger partial charge in [0.2, 0.25) is 17.7 Å². The number of guanidine groups is 1. The number of carbonyl (C=O) groups excluding carboxylic acids is 3. The smallest absolute Gasteiger partial charge is 0.246 e. The highest BCUT2D eigenvalue weighted by Gasteiger charge is 2.31. The molecule has 0 unspecified atom stereocenters. The molecule has 0 bridgehead atoms. The molecular weight excluding hydrogens is 628 g/mol. The van der Waals surface area contributed by atoms with E-state index in [1.165, 1.54) is 0 Å². The lowest BCUT2D eigenvalue weighted by molar-refractivity contribution is -0.132. The minimum absolute atomic E-state index is 0.0484. The molecule has 0 saturated carbocycles. The van der Waals surface area contributed by atoms with Crippen molar-refractivity contribution in [3.05, 3.63) is 126 Å². The zero-order valence-electron chi connectivity index (χ0n) is 28.6. The fraction of sp³-hybridized carbons (Fsp3) is 0.282. The SMILES string of the molecule is CC(C)[C@H](NC(=O)[C@H](Cc1ccccc1)NCc1ccccc1)C(=O)N[C@@H](CCCN=C(N)N)C(=O)Nc1ccc(Nc2ccccc2)cc1. The average Bonchev–Trinajstić information content (AvgIpc) is 3.12. The van der Waals surface area contributed by atoms with Gasteiger partial charge >= 0.3 is 0 Å². The summed E-state index contributed by atoms with van der Waals surface area (Å²) in [6.07, 6.45) is 1.15. The van der Waals surface area contributed by atoms with Crippen LogP contribution in [0.5, 0.6) is 0 Å². The summed E-state index contributed by atoms with van der Waals surface area (Å²) in [6.45, 7) is 4.48. The van der Waals surface area contributed by atoms with Gasteiger partial charge in [-0.05, 0) is 72.7 Å². The van der Waals surface area contributed by atoms with E-state index in [-0.39, 0.29) is 24.2 Å². The number of hydrogen-bond donors (Lipinski definition) is 7. The summed E-state index contributed by atoms with van der Waals surface area (Å²) in [7, 11) is 0. The number of carbonyl (C=O) groups is 3. The number of benzene rings is 4. The second-order valence-electron chi connectivity index (χ2n) is 12.4. The molecule has 0 spiro atoms. The van der Waals surface area contributed by atoms with E-state index in [9.17, 15) is 14.4 Å². The van der Waals surface area contributed by atoms with Crippen LogP contribution in [-0.2, 0) is 27.3 Å². The number of nitrogens with zero attached hydrogens (tertiary/aromatic N) is 1. The Hall–Kier alpha value is -5.68. The lowest BCUT2D eigenvalue weighted by Crippen LogP contribution is -2.57. The summed E-state index contributed by atoms with van der Waals surface area (Å²) >= 11 is 0. The molecule has 0 aliphatic rings. The first-order valence-electron chi connectivity index (χ1n) is 16.9. The highest BCUT2D eigenvalue weighted by Crippen LogP contribution is 2.19. The van der Waals surface area contributed by atoms with Crippen LogP contribution in [0.15, 0.2) is 120 Å². The van der Waals surface area contributed by atoms with Gasteiger partial charge in [-0.3, -0.25) is 19.4 Å². The van der Waals surface area contributed by atoms with Crippen LogP contribution in [0.4, 0.5) is 17.1 Å². The normalized spacial score (nSPS) is 12.6. The van der Waals surface area contributed by atoms with Gasteiger partial charge in [-0.15, -0.1) is 0 Å². The fourth-order valence-corrected chi connectivity index (χ4v) is 5.32. The molecule has 0 aliphatic carbocycles. The summed E-state index contributed by atoms with van der Waals surface area (Å²) in [6, 6.07) is 34.2. The standard InChI is InChI=1S/C39H48N8O3/c1-27(2)35(47-37(49)34(25-28-13-6-3-7-14-28)43-26-29-15-8-4-9-16-29)38(50)46-33(19-12-24-42-39(40)41)36(48)45-32-22-20-31(21-23-32)44-30-17-10-5-11-18-30/h3-11,13-18,20-23,27,33-35,43-44H,12,19,24-26H2,1-2H3,(H,45,48)(H,46,50)(H,47,49)(H4,40,41,42)/t33-,34-,35-/m0/s1. The quantitative estimate of drug-likeness (QED) is 0.0463. The van der Waals surface area contributed by atoms with Crippen LogP contribution in [0.1, 0.15) is 37.8 Å². The van der Waals surface area contributed by atoms with Crippen LogP contribution < -0.4 is 38.1 Å². The topological polar surface area (TPSA) is 176 Å².